The van der Waals surface area contributed by atoms with Gasteiger partial charge in [0.05, 0.1) is 72.2 Å². The lowest BCUT2D eigenvalue weighted by Gasteiger charge is -2.09. The molecule has 0 N–H and O–H groups in total. The molecule has 0 aromatic carbocycles. The van der Waals surface area contributed by atoms with Crippen LogP contribution in [0.25, 0.3) is 0 Å². The number of hydrogen-bond acceptors (Lipinski definition) is 7. The fourth-order valence-electron chi connectivity index (χ4n) is 1.44. The highest BCUT2D eigenvalue weighted by molar-refractivity contribution is 5.76. The first kappa shape index (κ1) is 22.4. The topological polar surface area (TPSA) is 72.5 Å². The molecule has 0 aliphatic carbocycles. The monoisotopic (exact) mass is 336 g/mol. The Kier molecular flexibility index (Phi) is 17.3. The molecule has 0 aliphatic heterocycles. The Morgan fingerprint density at radius 1 is 0.652 bits per heavy atom. The molecule has 0 aromatic rings. The maximum atomic E-state index is 10.6. The normalized spacial score (nSPS) is 11.3. The Hall–Kier alpha value is -0.570. The van der Waals surface area contributed by atoms with Crippen LogP contribution in [0.5, 0.6) is 0 Å². The Labute approximate surface area is 139 Å². The van der Waals surface area contributed by atoms with Gasteiger partial charge < -0.3 is 28.4 Å². The van der Waals surface area contributed by atoms with Crippen molar-refractivity contribution in [3.05, 3.63) is 0 Å². The van der Waals surface area contributed by atoms with Crippen LogP contribution < -0.4 is 0 Å². The second-order valence-corrected chi connectivity index (χ2v) is 5.12. The molecule has 0 aliphatic rings. The second kappa shape index (κ2) is 17.8. The van der Waals surface area contributed by atoms with E-state index in [4.69, 9.17) is 28.4 Å². The number of carbonyl (C=O) groups excluding carboxylic acids is 1. The lowest BCUT2D eigenvalue weighted by Crippen LogP contribution is -2.15. The van der Waals surface area contributed by atoms with Crippen LogP contribution in [0.15, 0.2) is 0 Å². The third-order valence-corrected chi connectivity index (χ3v) is 2.47. The molecule has 7 nitrogen and oxygen atoms in total. The Morgan fingerprint density at radius 2 is 1.00 bits per heavy atom. The van der Waals surface area contributed by atoms with E-state index < -0.39 is 0 Å². The molecule has 0 atom stereocenters. The molecule has 0 unspecified atom stereocenters. The molecule has 0 saturated carbocycles. The van der Waals surface area contributed by atoms with E-state index in [1.165, 1.54) is 6.92 Å². The molecule has 7 heteroatoms. The number of ether oxygens (including phenoxy) is 6. The van der Waals surface area contributed by atoms with Crippen molar-refractivity contribution in [3.63, 3.8) is 0 Å². The Morgan fingerprint density at radius 3 is 1.35 bits per heavy atom. The molecule has 0 amide bonds. The summed E-state index contributed by atoms with van der Waals surface area (Å²) in [6.07, 6.45) is 0.240. The van der Waals surface area contributed by atoms with Gasteiger partial charge in [0.1, 0.15) is 6.61 Å². The van der Waals surface area contributed by atoms with Crippen LogP contribution in [-0.4, -0.2) is 84.6 Å². The molecule has 0 bridgehead atoms. The minimum atomic E-state index is 0.0163. The molecule has 138 valence electrons. The van der Waals surface area contributed by atoms with E-state index in [1.54, 1.807) is 0 Å². The van der Waals surface area contributed by atoms with E-state index in [-0.39, 0.29) is 18.5 Å². The van der Waals surface area contributed by atoms with Gasteiger partial charge in [-0.15, -0.1) is 0 Å². The van der Waals surface area contributed by atoms with Crippen molar-refractivity contribution >= 4 is 5.78 Å². The van der Waals surface area contributed by atoms with Crippen molar-refractivity contribution in [1.82, 2.24) is 0 Å². The van der Waals surface area contributed by atoms with Gasteiger partial charge >= 0.3 is 0 Å². The first-order valence-electron chi connectivity index (χ1n) is 8.12. The number of Topliss-reactive ketones (excluding diaryl/α,β-unsaturated/α-hetero) is 1. The smallest absolute Gasteiger partial charge is 0.155 e. The van der Waals surface area contributed by atoms with Gasteiger partial charge in [0.15, 0.2) is 5.78 Å². The van der Waals surface area contributed by atoms with E-state index in [2.05, 4.69) is 0 Å². The van der Waals surface area contributed by atoms with E-state index in [9.17, 15) is 4.79 Å². The maximum absolute atomic E-state index is 10.6. The van der Waals surface area contributed by atoms with Gasteiger partial charge in [0.2, 0.25) is 0 Å². The van der Waals surface area contributed by atoms with Gasteiger partial charge in [-0.1, -0.05) is 0 Å². The van der Waals surface area contributed by atoms with E-state index in [0.29, 0.717) is 66.1 Å². The molecule has 0 saturated heterocycles. The molecule has 0 heterocycles. The summed E-state index contributed by atoms with van der Waals surface area (Å²) in [6.45, 7) is 10.9. The molecule has 0 rings (SSSR count). The van der Waals surface area contributed by atoms with Crippen molar-refractivity contribution in [2.24, 2.45) is 0 Å². The standard InChI is InChI=1S/C16H32O7/c1-15(2)23-13-12-21-9-8-19-5-4-18-6-7-20-10-11-22-14-16(3)17/h15H,4-14H2,1-3H3. The highest BCUT2D eigenvalue weighted by Crippen LogP contribution is 1.88. The minimum absolute atomic E-state index is 0.0163. The van der Waals surface area contributed by atoms with E-state index in [0.717, 1.165) is 0 Å². The number of rotatable bonds is 18. The summed E-state index contributed by atoms with van der Waals surface area (Å²) in [5.74, 6) is 0.0163. The zero-order chi connectivity index (χ0) is 17.2. The lowest BCUT2D eigenvalue weighted by molar-refractivity contribution is -0.122. The minimum Gasteiger partial charge on any atom is -0.377 e. The fourth-order valence-corrected chi connectivity index (χ4v) is 1.44. The number of hydrogen-bond donors (Lipinski definition) is 0. The lowest BCUT2D eigenvalue weighted by atomic mass is 10.5. The van der Waals surface area contributed by atoms with Crippen molar-refractivity contribution in [2.45, 2.75) is 26.9 Å². The number of ketones is 1. The fraction of sp³-hybridized carbons (Fsp3) is 0.938. The van der Waals surface area contributed by atoms with Crippen molar-refractivity contribution in [3.8, 4) is 0 Å². The largest absolute Gasteiger partial charge is 0.377 e. The summed E-state index contributed by atoms with van der Waals surface area (Å²) in [4.78, 5) is 10.6. The molecule has 0 radical (unpaired) electrons. The summed E-state index contributed by atoms with van der Waals surface area (Å²) in [6, 6.07) is 0. The summed E-state index contributed by atoms with van der Waals surface area (Å²) >= 11 is 0. The molecular formula is C16H32O7. The van der Waals surface area contributed by atoms with E-state index in [1.807, 2.05) is 13.8 Å². The Balaban J connectivity index is 2.99. The zero-order valence-corrected chi connectivity index (χ0v) is 14.7. The van der Waals surface area contributed by atoms with Gasteiger partial charge in [-0.05, 0) is 20.8 Å². The van der Waals surface area contributed by atoms with Crippen molar-refractivity contribution in [2.75, 3.05) is 72.7 Å². The number of carbonyl (C=O) groups is 1. The third-order valence-electron chi connectivity index (χ3n) is 2.47. The van der Waals surface area contributed by atoms with Crippen LogP contribution in [-0.2, 0) is 33.2 Å². The first-order valence-corrected chi connectivity index (χ1v) is 8.12. The van der Waals surface area contributed by atoms with Gasteiger partial charge in [0, 0.05) is 0 Å². The predicted octanol–water partition coefficient (Wildman–Crippen LogP) is 1.08. The van der Waals surface area contributed by atoms with Crippen LogP contribution in [0.3, 0.4) is 0 Å². The summed E-state index contributed by atoms with van der Waals surface area (Å²) in [5.41, 5.74) is 0. The van der Waals surface area contributed by atoms with Crippen molar-refractivity contribution < 1.29 is 33.2 Å². The average molecular weight is 336 g/mol. The van der Waals surface area contributed by atoms with Crippen LogP contribution >= 0.6 is 0 Å². The molecule has 23 heavy (non-hydrogen) atoms. The van der Waals surface area contributed by atoms with Crippen LogP contribution in [0.2, 0.25) is 0 Å². The van der Waals surface area contributed by atoms with Crippen molar-refractivity contribution in [1.29, 1.82) is 0 Å². The predicted molar refractivity (Wildman–Crippen MR) is 85.9 cm³/mol. The summed E-state index contributed by atoms with van der Waals surface area (Å²) in [7, 11) is 0. The van der Waals surface area contributed by atoms with E-state index >= 15 is 0 Å². The Bertz CT molecular complexity index is 259. The SMILES string of the molecule is CC(=O)COCCOCCOCCOCCOCCOC(C)C. The van der Waals surface area contributed by atoms with Crippen LogP contribution in [0, 0.1) is 0 Å². The van der Waals surface area contributed by atoms with Gasteiger partial charge in [0.25, 0.3) is 0 Å². The van der Waals surface area contributed by atoms with Gasteiger partial charge in [-0.2, -0.15) is 0 Å². The molecule has 0 spiro atoms. The van der Waals surface area contributed by atoms with Gasteiger partial charge in [-0.3, -0.25) is 4.79 Å². The summed E-state index contributed by atoms with van der Waals surface area (Å²) < 4.78 is 31.7. The quantitative estimate of drug-likeness (QED) is 0.347. The molecule has 0 aromatic heterocycles. The second-order valence-electron chi connectivity index (χ2n) is 5.12. The molecule has 0 fully saturated rings. The first-order chi connectivity index (χ1) is 11.1. The average Bonchev–Trinajstić information content (AvgIpc) is 2.49. The van der Waals surface area contributed by atoms with Crippen LogP contribution in [0.1, 0.15) is 20.8 Å². The van der Waals surface area contributed by atoms with Gasteiger partial charge in [-0.25, -0.2) is 0 Å². The highest BCUT2D eigenvalue weighted by atomic mass is 16.6. The summed E-state index contributed by atoms with van der Waals surface area (Å²) in [5, 5.41) is 0. The van der Waals surface area contributed by atoms with Crippen LogP contribution in [0.4, 0.5) is 0 Å². The third kappa shape index (κ3) is 21.4. The molecular weight excluding hydrogens is 304 g/mol. The maximum Gasteiger partial charge on any atom is 0.155 e. The zero-order valence-electron chi connectivity index (χ0n) is 14.7. The highest BCUT2D eigenvalue weighted by Gasteiger charge is 1.95.